The van der Waals surface area contributed by atoms with E-state index in [1.807, 2.05) is 29.8 Å². The lowest BCUT2D eigenvalue weighted by atomic mass is 10.0. The van der Waals surface area contributed by atoms with Crippen molar-refractivity contribution >= 4 is 44.1 Å². The fraction of sp³-hybridized carbons (Fsp3) is 0.259. The zero-order valence-corrected chi connectivity index (χ0v) is 23.7. The number of nitrogens with one attached hydrogen (secondary N) is 2. The van der Waals surface area contributed by atoms with Gasteiger partial charge >= 0.3 is 0 Å². The van der Waals surface area contributed by atoms with Crippen LogP contribution in [0.3, 0.4) is 0 Å². The van der Waals surface area contributed by atoms with Crippen LogP contribution in [0.1, 0.15) is 10.4 Å². The number of pyridine rings is 1. The quantitative estimate of drug-likeness (QED) is 0.326. The molecule has 1 aliphatic heterocycles. The number of hydrogen-bond donors (Lipinski definition) is 2. The van der Waals surface area contributed by atoms with Crippen molar-refractivity contribution in [1.82, 2.24) is 24.2 Å². The molecule has 0 saturated carbocycles. The Balaban J connectivity index is 1.21. The van der Waals surface area contributed by atoms with E-state index >= 15 is 0 Å². The molecule has 4 heterocycles. The number of thiazole rings is 1. The second-order valence-corrected chi connectivity index (χ2v) is 12.3. The second kappa shape index (κ2) is 11.6. The lowest BCUT2D eigenvalue weighted by molar-refractivity contribution is -0.115. The number of likely N-dealkylation sites (N-methyl/N-ethyl adjacent to an activating group) is 1. The predicted octanol–water partition coefficient (Wildman–Crippen LogP) is 2.60. The maximum atomic E-state index is 12.4. The van der Waals surface area contributed by atoms with Crippen molar-refractivity contribution in [1.29, 1.82) is 0 Å². The summed E-state index contributed by atoms with van der Waals surface area (Å²) in [5.41, 5.74) is 3.88. The molecule has 2 N–H and O–H groups in total. The number of amides is 2. The summed E-state index contributed by atoms with van der Waals surface area (Å²) in [6, 6.07) is 13.5. The summed E-state index contributed by atoms with van der Waals surface area (Å²) in [6.45, 7) is 3.62. The van der Waals surface area contributed by atoms with Crippen molar-refractivity contribution in [2.75, 3.05) is 56.2 Å². The van der Waals surface area contributed by atoms with Gasteiger partial charge in [-0.05, 0) is 42.4 Å². The molecule has 0 radical (unpaired) electrons. The molecule has 1 fully saturated rings. The second-order valence-electron chi connectivity index (χ2n) is 9.54. The Kier molecular flexibility index (Phi) is 7.96. The number of aromatic nitrogens is 3. The molecule has 40 heavy (non-hydrogen) atoms. The number of nitrogens with zero attached hydrogens (tertiary/aromatic N) is 5. The smallest absolute Gasteiger partial charge is 0.253 e. The molecule has 4 aromatic rings. The largest absolute Gasteiger partial charge is 0.354 e. The highest BCUT2D eigenvalue weighted by molar-refractivity contribution is 7.89. The number of rotatable bonds is 8. The molecule has 5 rings (SSSR count). The molecule has 0 spiro atoms. The van der Waals surface area contributed by atoms with Gasteiger partial charge in [0.25, 0.3) is 5.91 Å². The molecule has 208 valence electrons. The highest BCUT2D eigenvalue weighted by atomic mass is 32.2. The van der Waals surface area contributed by atoms with E-state index in [1.165, 1.54) is 29.8 Å². The van der Waals surface area contributed by atoms with Gasteiger partial charge in [-0.15, -0.1) is 11.3 Å². The van der Waals surface area contributed by atoms with Gasteiger partial charge in [-0.25, -0.2) is 18.4 Å². The average molecular weight is 580 g/mol. The van der Waals surface area contributed by atoms with Crippen molar-refractivity contribution in [3.05, 3.63) is 72.0 Å². The first-order valence-electron chi connectivity index (χ1n) is 12.6. The maximum Gasteiger partial charge on any atom is 0.253 e. The van der Waals surface area contributed by atoms with Crippen LogP contribution in [0.15, 0.2) is 66.4 Å². The lowest BCUT2D eigenvalue weighted by Crippen LogP contribution is -2.44. The first-order valence-corrected chi connectivity index (χ1v) is 15.3. The van der Waals surface area contributed by atoms with Crippen molar-refractivity contribution in [3.8, 4) is 22.4 Å². The van der Waals surface area contributed by atoms with Crippen LogP contribution in [0.5, 0.6) is 0 Å². The van der Waals surface area contributed by atoms with E-state index < -0.39 is 21.8 Å². The third kappa shape index (κ3) is 6.55. The number of carbonyl (C=O) groups excluding carboxylic acids is 2. The van der Waals surface area contributed by atoms with Crippen LogP contribution >= 0.6 is 11.3 Å². The molecule has 1 saturated heterocycles. The van der Waals surface area contributed by atoms with E-state index in [9.17, 15) is 18.0 Å². The zero-order chi connectivity index (χ0) is 28.3. The standard InChI is InChI=1S/C27H29N7O4S2/c1-32-10-12-33(13-11-32)24-15-20(6-8-28-24)19-4-3-5-21(14-19)23-18-39-27(30-23)31-25(35)16-29-26(36)22-7-9-34(17-22)40(2,37)38/h3-9,14-15,17-18H,10-13,16H2,1-2H3,(H,29,36)(H,30,31,35). The molecular formula is C27H29N7O4S2. The van der Waals surface area contributed by atoms with Crippen LogP contribution < -0.4 is 15.5 Å². The Hall–Kier alpha value is -4.07. The van der Waals surface area contributed by atoms with Crippen molar-refractivity contribution in [2.24, 2.45) is 0 Å². The van der Waals surface area contributed by atoms with Crippen LogP contribution in [-0.4, -0.2) is 85.1 Å². The van der Waals surface area contributed by atoms with Gasteiger partial charge in [0.2, 0.25) is 15.9 Å². The number of piperazine rings is 1. The van der Waals surface area contributed by atoms with Gasteiger partial charge in [0.05, 0.1) is 24.1 Å². The van der Waals surface area contributed by atoms with Crippen molar-refractivity contribution in [2.45, 2.75) is 0 Å². The first kappa shape index (κ1) is 27.5. The molecule has 1 aliphatic rings. The Labute approximate surface area is 236 Å². The molecule has 0 atom stereocenters. The number of anilines is 2. The summed E-state index contributed by atoms with van der Waals surface area (Å²) in [4.78, 5) is 38.4. The summed E-state index contributed by atoms with van der Waals surface area (Å²) in [7, 11) is -1.36. The molecule has 1 aromatic carbocycles. The number of carbonyl (C=O) groups is 2. The molecule has 0 bridgehead atoms. The zero-order valence-electron chi connectivity index (χ0n) is 22.1. The Morgan fingerprint density at radius 1 is 1.02 bits per heavy atom. The van der Waals surface area contributed by atoms with Crippen molar-refractivity contribution in [3.63, 3.8) is 0 Å². The minimum Gasteiger partial charge on any atom is -0.354 e. The SMILES string of the molecule is CN1CCN(c2cc(-c3cccc(-c4csc(NC(=O)CNC(=O)c5ccn(S(C)(=O)=O)c5)n4)c3)ccn2)CC1. The summed E-state index contributed by atoms with van der Waals surface area (Å²) in [5.74, 6) is -0.0328. The molecule has 0 unspecified atom stereocenters. The van der Waals surface area contributed by atoms with Gasteiger partial charge in [0.1, 0.15) is 5.82 Å². The number of benzene rings is 1. The highest BCUT2D eigenvalue weighted by Crippen LogP contribution is 2.30. The van der Waals surface area contributed by atoms with Gasteiger partial charge in [0.15, 0.2) is 5.13 Å². The summed E-state index contributed by atoms with van der Waals surface area (Å²) < 4.78 is 24.1. The predicted molar refractivity (Wildman–Crippen MR) is 156 cm³/mol. The Morgan fingerprint density at radius 3 is 2.52 bits per heavy atom. The minimum absolute atomic E-state index is 0.138. The number of hydrogen-bond acceptors (Lipinski definition) is 9. The molecule has 3 aromatic heterocycles. The molecule has 13 heteroatoms. The Bertz CT molecular complexity index is 1640. The van der Waals surface area contributed by atoms with Crippen molar-refractivity contribution < 1.29 is 18.0 Å². The normalized spacial score (nSPS) is 14.2. The molecule has 11 nitrogen and oxygen atoms in total. The van der Waals surface area contributed by atoms with E-state index in [4.69, 9.17) is 0 Å². The molecule has 0 aliphatic carbocycles. The van der Waals surface area contributed by atoms with E-state index in [1.54, 1.807) is 0 Å². The van der Waals surface area contributed by atoms with Crippen LogP contribution in [0, 0.1) is 0 Å². The van der Waals surface area contributed by atoms with E-state index in [0.717, 1.165) is 64.6 Å². The summed E-state index contributed by atoms with van der Waals surface area (Å²) in [5, 5.41) is 7.45. The van der Waals surface area contributed by atoms with E-state index in [0.29, 0.717) is 5.13 Å². The van der Waals surface area contributed by atoms with Gasteiger partial charge < -0.3 is 20.4 Å². The Morgan fingerprint density at radius 2 is 1.77 bits per heavy atom. The molecule has 2 amide bonds. The van der Waals surface area contributed by atoms with E-state index in [2.05, 4.69) is 55.6 Å². The topological polar surface area (TPSA) is 130 Å². The third-order valence-corrected chi connectivity index (χ3v) is 8.29. The van der Waals surface area contributed by atoms with Crippen LogP contribution in [0.25, 0.3) is 22.4 Å². The monoisotopic (exact) mass is 579 g/mol. The fourth-order valence-corrected chi connectivity index (χ4v) is 5.59. The van der Waals surface area contributed by atoms with Gasteiger partial charge in [-0.1, -0.05) is 18.2 Å². The summed E-state index contributed by atoms with van der Waals surface area (Å²) in [6.07, 6.45) is 5.35. The molecular weight excluding hydrogens is 550 g/mol. The minimum atomic E-state index is -3.49. The average Bonchev–Trinajstić information content (AvgIpc) is 3.63. The van der Waals surface area contributed by atoms with Crippen LogP contribution in [0.2, 0.25) is 0 Å². The summed E-state index contributed by atoms with van der Waals surface area (Å²) >= 11 is 1.29. The third-order valence-electron chi connectivity index (χ3n) is 6.54. The van der Waals surface area contributed by atoms with E-state index in [-0.39, 0.29) is 12.1 Å². The van der Waals surface area contributed by atoms with Crippen LogP contribution in [-0.2, 0) is 14.8 Å². The van der Waals surface area contributed by atoms with Crippen LogP contribution in [0.4, 0.5) is 10.9 Å². The lowest BCUT2D eigenvalue weighted by Gasteiger charge is -2.33. The maximum absolute atomic E-state index is 12.4. The first-order chi connectivity index (χ1) is 19.2. The van der Waals surface area contributed by atoms with Gasteiger partial charge in [-0.2, -0.15) is 0 Å². The highest BCUT2D eigenvalue weighted by Gasteiger charge is 2.17. The van der Waals surface area contributed by atoms with Gasteiger partial charge in [-0.3, -0.25) is 13.6 Å². The van der Waals surface area contributed by atoms with Gasteiger partial charge in [0, 0.05) is 55.7 Å². The fourth-order valence-electron chi connectivity index (χ4n) is 4.27.